The molecule has 0 saturated heterocycles. The van der Waals surface area contributed by atoms with Crippen molar-refractivity contribution in [3.8, 4) is 0 Å². The third kappa shape index (κ3) is 4.06. The van der Waals surface area contributed by atoms with Gasteiger partial charge in [0.1, 0.15) is 11.2 Å². The van der Waals surface area contributed by atoms with Crippen LogP contribution in [0.2, 0.25) is 0 Å². The Morgan fingerprint density at radius 1 is 0.853 bits per heavy atom. The number of benzene rings is 3. The zero-order valence-corrected chi connectivity index (χ0v) is 19.5. The summed E-state index contributed by atoms with van der Waals surface area (Å²) in [5.74, 6) is -0.326. The molecule has 0 aliphatic heterocycles. The maximum atomic E-state index is 13.6. The second kappa shape index (κ2) is 9.11. The average Bonchev–Trinajstić information content (AvgIpc) is 3.25. The van der Waals surface area contributed by atoms with Crippen LogP contribution in [-0.2, 0) is 24.3 Å². The topological polar surface area (TPSA) is 73.1 Å². The van der Waals surface area contributed by atoms with Crippen LogP contribution in [0.25, 0.3) is 20.3 Å². The van der Waals surface area contributed by atoms with Gasteiger partial charge in [-0.15, -0.1) is 11.3 Å². The molecule has 170 valence electrons. The summed E-state index contributed by atoms with van der Waals surface area (Å²) in [7, 11) is 0. The van der Waals surface area contributed by atoms with E-state index in [1.807, 2.05) is 78.9 Å². The van der Waals surface area contributed by atoms with Gasteiger partial charge in [0.2, 0.25) is 5.91 Å². The lowest BCUT2D eigenvalue weighted by atomic mass is 10.1. The highest BCUT2D eigenvalue weighted by Gasteiger charge is 2.20. The number of anilines is 1. The van der Waals surface area contributed by atoms with Gasteiger partial charge in [0.15, 0.2) is 0 Å². The molecule has 5 aromatic rings. The maximum Gasteiger partial charge on any atom is 0.332 e. The van der Waals surface area contributed by atoms with Gasteiger partial charge >= 0.3 is 5.69 Å². The van der Waals surface area contributed by atoms with Gasteiger partial charge in [-0.05, 0) is 35.7 Å². The second-order valence-electron chi connectivity index (χ2n) is 8.12. The highest BCUT2D eigenvalue weighted by Crippen LogP contribution is 2.30. The van der Waals surface area contributed by atoms with Gasteiger partial charge in [-0.2, -0.15) is 0 Å². The minimum Gasteiger partial charge on any atom is -0.325 e. The molecule has 7 heteroatoms. The molecule has 0 bridgehead atoms. The van der Waals surface area contributed by atoms with E-state index in [4.69, 9.17) is 0 Å². The van der Waals surface area contributed by atoms with Crippen molar-refractivity contribution in [3.05, 3.63) is 111 Å². The van der Waals surface area contributed by atoms with Crippen molar-refractivity contribution >= 4 is 43.2 Å². The second-order valence-corrected chi connectivity index (χ2v) is 9.17. The van der Waals surface area contributed by atoms with Crippen LogP contribution < -0.4 is 16.6 Å². The molecule has 0 atom stereocenters. The first-order chi connectivity index (χ1) is 16.5. The zero-order chi connectivity index (χ0) is 23.7. The first-order valence-corrected chi connectivity index (χ1v) is 11.9. The number of fused-ring (bicyclic) bond motifs is 3. The van der Waals surface area contributed by atoms with Crippen molar-refractivity contribution in [2.75, 3.05) is 5.32 Å². The van der Waals surface area contributed by atoms with Crippen LogP contribution in [0, 0.1) is 0 Å². The van der Waals surface area contributed by atoms with Crippen LogP contribution in [-0.4, -0.2) is 15.0 Å². The number of carbonyl (C=O) groups is 1. The molecular formula is C27H23N3O3S. The van der Waals surface area contributed by atoms with Crippen LogP contribution in [0.1, 0.15) is 18.1 Å². The Kier molecular flexibility index (Phi) is 5.86. The first-order valence-electron chi connectivity index (χ1n) is 11.1. The predicted octanol–water partition coefficient (Wildman–Crippen LogP) is 4.63. The van der Waals surface area contributed by atoms with Crippen molar-refractivity contribution in [1.29, 1.82) is 0 Å². The third-order valence-electron chi connectivity index (χ3n) is 5.87. The van der Waals surface area contributed by atoms with Gasteiger partial charge in [0.05, 0.1) is 12.1 Å². The van der Waals surface area contributed by atoms with E-state index in [1.165, 1.54) is 26.0 Å². The molecule has 0 radical (unpaired) electrons. The van der Waals surface area contributed by atoms with Crippen molar-refractivity contribution in [1.82, 2.24) is 9.13 Å². The van der Waals surface area contributed by atoms with Gasteiger partial charge < -0.3 is 5.32 Å². The fourth-order valence-electron chi connectivity index (χ4n) is 4.12. The highest BCUT2D eigenvalue weighted by atomic mass is 32.1. The van der Waals surface area contributed by atoms with Gasteiger partial charge in [0, 0.05) is 15.8 Å². The Morgan fingerprint density at radius 3 is 2.29 bits per heavy atom. The summed E-state index contributed by atoms with van der Waals surface area (Å²) in [4.78, 5) is 39.9. The molecule has 2 aromatic heterocycles. The molecular weight excluding hydrogens is 446 g/mol. The van der Waals surface area contributed by atoms with Crippen LogP contribution in [0.3, 0.4) is 0 Å². The Labute approximate surface area is 199 Å². The number of rotatable bonds is 6. The van der Waals surface area contributed by atoms with Crippen molar-refractivity contribution in [2.45, 2.75) is 26.4 Å². The van der Waals surface area contributed by atoms with E-state index in [0.717, 1.165) is 22.1 Å². The fourth-order valence-corrected chi connectivity index (χ4v) is 5.27. The highest BCUT2D eigenvalue weighted by molar-refractivity contribution is 7.25. The standard InChI is InChI=1S/C27H23N3O3S/c1-2-18-12-14-20(15-13-18)28-23(31)17-29-24-21-10-6-7-11-22(21)34-25(24)26(32)30(27(29)33)16-19-8-4-3-5-9-19/h3-15H,2,16-17H2,1H3,(H,28,31). The number of aryl methyl sites for hydroxylation is 1. The molecule has 0 saturated carbocycles. The Morgan fingerprint density at radius 2 is 1.56 bits per heavy atom. The van der Waals surface area contributed by atoms with Crippen molar-refractivity contribution < 1.29 is 4.79 Å². The number of hydrogen-bond donors (Lipinski definition) is 1. The van der Waals surface area contributed by atoms with Crippen LogP contribution >= 0.6 is 11.3 Å². The first kappa shape index (κ1) is 21.9. The number of amides is 1. The summed E-state index contributed by atoms with van der Waals surface area (Å²) in [5.41, 5.74) is 2.36. The minimum absolute atomic E-state index is 0.142. The van der Waals surface area contributed by atoms with E-state index < -0.39 is 5.69 Å². The molecule has 5 rings (SSSR count). The van der Waals surface area contributed by atoms with E-state index in [2.05, 4.69) is 12.2 Å². The summed E-state index contributed by atoms with van der Waals surface area (Å²) in [5, 5.41) is 3.67. The van der Waals surface area contributed by atoms with E-state index in [-0.39, 0.29) is 24.6 Å². The molecule has 2 heterocycles. The van der Waals surface area contributed by atoms with Crippen molar-refractivity contribution in [2.24, 2.45) is 0 Å². The van der Waals surface area contributed by atoms with Gasteiger partial charge in [0.25, 0.3) is 5.56 Å². The van der Waals surface area contributed by atoms with Crippen LogP contribution in [0.4, 0.5) is 5.69 Å². The minimum atomic E-state index is -0.499. The lowest BCUT2D eigenvalue weighted by molar-refractivity contribution is -0.116. The molecule has 3 aromatic carbocycles. The largest absolute Gasteiger partial charge is 0.332 e. The lowest BCUT2D eigenvalue weighted by Gasteiger charge is -2.13. The van der Waals surface area contributed by atoms with Crippen LogP contribution in [0.15, 0.2) is 88.5 Å². The maximum absolute atomic E-state index is 13.6. The number of thiophene rings is 1. The molecule has 0 unspecified atom stereocenters. The molecule has 0 aliphatic carbocycles. The van der Waals surface area contributed by atoms with Gasteiger partial charge in [-0.1, -0.05) is 67.6 Å². The van der Waals surface area contributed by atoms with Crippen LogP contribution in [0.5, 0.6) is 0 Å². The SMILES string of the molecule is CCc1ccc(NC(=O)Cn2c(=O)n(Cc3ccccc3)c(=O)c3sc4ccccc4c32)cc1. The monoisotopic (exact) mass is 469 g/mol. The van der Waals surface area contributed by atoms with E-state index in [9.17, 15) is 14.4 Å². The molecule has 34 heavy (non-hydrogen) atoms. The predicted molar refractivity (Wildman–Crippen MR) is 138 cm³/mol. The Balaban J connectivity index is 1.61. The molecule has 1 amide bonds. The summed E-state index contributed by atoms with van der Waals surface area (Å²) in [6, 6.07) is 24.6. The van der Waals surface area contributed by atoms with E-state index in [0.29, 0.717) is 15.9 Å². The third-order valence-corrected chi connectivity index (χ3v) is 7.02. The van der Waals surface area contributed by atoms with Crippen molar-refractivity contribution in [3.63, 3.8) is 0 Å². The van der Waals surface area contributed by atoms with Gasteiger partial charge in [-0.3, -0.25) is 18.7 Å². The van der Waals surface area contributed by atoms with Gasteiger partial charge in [-0.25, -0.2) is 4.79 Å². The molecule has 6 nitrogen and oxygen atoms in total. The lowest BCUT2D eigenvalue weighted by Crippen LogP contribution is -2.41. The number of carbonyl (C=O) groups excluding carboxylic acids is 1. The molecule has 1 N–H and O–H groups in total. The molecule has 0 spiro atoms. The summed E-state index contributed by atoms with van der Waals surface area (Å²) in [6.07, 6.45) is 0.912. The zero-order valence-electron chi connectivity index (χ0n) is 18.7. The van der Waals surface area contributed by atoms with E-state index in [1.54, 1.807) is 0 Å². The number of aromatic nitrogens is 2. The average molecular weight is 470 g/mol. The normalized spacial score (nSPS) is 11.2. The number of hydrogen-bond acceptors (Lipinski definition) is 4. The Bertz CT molecular complexity index is 1610. The summed E-state index contributed by atoms with van der Waals surface area (Å²) >= 11 is 1.35. The smallest absolute Gasteiger partial charge is 0.325 e. The quantitative estimate of drug-likeness (QED) is 0.394. The number of nitrogens with zero attached hydrogens (tertiary/aromatic N) is 2. The summed E-state index contributed by atoms with van der Waals surface area (Å²) < 4.78 is 4.01. The molecule has 0 fully saturated rings. The van der Waals surface area contributed by atoms with E-state index >= 15 is 0 Å². The fraction of sp³-hybridized carbons (Fsp3) is 0.148. The molecule has 0 aliphatic rings. The Hall–Kier alpha value is -3.97. The number of nitrogens with one attached hydrogen (secondary N) is 1. The summed E-state index contributed by atoms with van der Waals surface area (Å²) in [6.45, 7) is 2.02.